The molecule has 0 radical (unpaired) electrons. The first-order chi connectivity index (χ1) is 9.36. The van der Waals surface area contributed by atoms with Gasteiger partial charge in [0.05, 0.1) is 12.5 Å². The minimum Gasteiger partial charge on any atom is -0.481 e. The van der Waals surface area contributed by atoms with E-state index in [9.17, 15) is 14.7 Å². The second-order valence-corrected chi connectivity index (χ2v) is 5.58. The van der Waals surface area contributed by atoms with Gasteiger partial charge in [-0.05, 0) is 39.5 Å². The van der Waals surface area contributed by atoms with E-state index in [1.54, 1.807) is 23.6 Å². The summed E-state index contributed by atoms with van der Waals surface area (Å²) in [5.41, 5.74) is 0. The van der Waals surface area contributed by atoms with Crippen LogP contribution in [0.3, 0.4) is 0 Å². The zero-order valence-electron chi connectivity index (χ0n) is 12.6. The lowest BCUT2D eigenvalue weighted by atomic mass is 9.92. The van der Waals surface area contributed by atoms with E-state index in [4.69, 9.17) is 5.11 Å². The Morgan fingerprint density at radius 1 is 1.30 bits per heavy atom. The van der Waals surface area contributed by atoms with Gasteiger partial charge in [-0.1, -0.05) is 0 Å². The van der Waals surface area contributed by atoms with Crippen molar-refractivity contribution in [1.82, 2.24) is 9.80 Å². The highest BCUT2D eigenvalue weighted by Gasteiger charge is 2.29. The number of likely N-dealkylation sites (tertiary alicyclic amines) is 1. The number of carbonyl (C=O) groups is 2. The van der Waals surface area contributed by atoms with E-state index in [1.807, 2.05) is 6.92 Å². The fraction of sp³-hybridized carbons (Fsp3) is 0.857. The van der Waals surface area contributed by atoms with E-state index < -0.39 is 5.97 Å². The molecule has 2 unspecified atom stereocenters. The van der Waals surface area contributed by atoms with Crippen LogP contribution < -0.4 is 0 Å². The summed E-state index contributed by atoms with van der Waals surface area (Å²) in [5.74, 6) is -0.637. The predicted molar refractivity (Wildman–Crippen MR) is 75.5 cm³/mol. The van der Waals surface area contributed by atoms with Crippen LogP contribution in [0.1, 0.15) is 40.0 Å². The third kappa shape index (κ3) is 4.37. The summed E-state index contributed by atoms with van der Waals surface area (Å²) < 4.78 is 0. The van der Waals surface area contributed by atoms with Crippen molar-refractivity contribution in [2.45, 2.75) is 52.2 Å². The molecule has 1 aliphatic heterocycles. The number of aliphatic hydroxyl groups excluding tert-OH is 1. The van der Waals surface area contributed by atoms with Crippen molar-refractivity contribution in [3.05, 3.63) is 0 Å². The molecule has 2 atom stereocenters. The Kier molecular flexibility index (Phi) is 6.26. The topological polar surface area (TPSA) is 81.1 Å². The number of hydrogen-bond acceptors (Lipinski definition) is 3. The van der Waals surface area contributed by atoms with Crippen LogP contribution in [0, 0.1) is 5.92 Å². The molecule has 6 heteroatoms. The van der Waals surface area contributed by atoms with Gasteiger partial charge in [0.2, 0.25) is 0 Å². The lowest BCUT2D eigenvalue weighted by Gasteiger charge is -2.38. The molecule has 20 heavy (non-hydrogen) atoms. The monoisotopic (exact) mass is 286 g/mol. The Balaban J connectivity index is 2.57. The molecule has 2 N–H and O–H groups in total. The van der Waals surface area contributed by atoms with Crippen molar-refractivity contribution in [2.24, 2.45) is 5.92 Å². The van der Waals surface area contributed by atoms with Gasteiger partial charge in [0, 0.05) is 25.7 Å². The quantitative estimate of drug-likeness (QED) is 0.800. The van der Waals surface area contributed by atoms with Crippen LogP contribution in [-0.4, -0.2) is 63.8 Å². The first-order valence-corrected chi connectivity index (χ1v) is 7.32. The SMILES string of the molecule is CCN(C(=O)N1CCC(C(C)O)CC1)C(C)CC(=O)O. The molecule has 0 aromatic rings. The van der Waals surface area contributed by atoms with Crippen LogP contribution in [0.5, 0.6) is 0 Å². The number of nitrogens with zero attached hydrogens (tertiary/aromatic N) is 2. The molecular weight excluding hydrogens is 260 g/mol. The molecule has 1 heterocycles. The number of rotatable bonds is 5. The smallest absolute Gasteiger partial charge is 0.320 e. The third-order valence-corrected chi connectivity index (χ3v) is 4.08. The highest BCUT2D eigenvalue weighted by Crippen LogP contribution is 2.22. The Labute approximate surface area is 120 Å². The summed E-state index contributed by atoms with van der Waals surface area (Å²) >= 11 is 0. The first kappa shape index (κ1) is 16.8. The standard InChI is InChI=1S/C14H26N2O4/c1-4-16(10(2)9-13(18)19)14(20)15-7-5-12(6-8-15)11(3)17/h10-12,17H,4-9H2,1-3H3,(H,18,19). The molecule has 1 aliphatic rings. The van der Waals surface area contributed by atoms with Crippen molar-refractivity contribution in [3.63, 3.8) is 0 Å². The van der Waals surface area contributed by atoms with E-state index >= 15 is 0 Å². The second kappa shape index (κ2) is 7.47. The van der Waals surface area contributed by atoms with Crippen molar-refractivity contribution >= 4 is 12.0 Å². The molecule has 0 aromatic heterocycles. The number of urea groups is 1. The Hall–Kier alpha value is -1.30. The van der Waals surface area contributed by atoms with E-state index in [2.05, 4.69) is 0 Å². The minimum atomic E-state index is -0.892. The maximum absolute atomic E-state index is 12.4. The van der Waals surface area contributed by atoms with Crippen molar-refractivity contribution in [1.29, 1.82) is 0 Å². The number of hydrogen-bond donors (Lipinski definition) is 2. The first-order valence-electron chi connectivity index (χ1n) is 7.32. The normalized spacial score (nSPS) is 19.5. The molecule has 0 aliphatic carbocycles. The van der Waals surface area contributed by atoms with E-state index in [1.165, 1.54) is 0 Å². The summed E-state index contributed by atoms with van der Waals surface area (Å²) in [4.78, 5) is 26.6. The molecule has 6 nitrogen and oxygen atoms in total. The molecular formula is C14H26N2O4. The van der Waals surface area contributed by atoms with Crippen LogP contribution >= 0.6 is 0 Å². The van der Waals surface area contributed by atoms with Crippen LogP contribution in [0.2, 0.25) is 0 Å². The largest absolute Gasteiger partial charge is 0.481 e. The number of carboxylic acids is 1. The fourth-order valence-corrected chi connectivity index (χ4v) is 2.75. The van der Waals surface area contributed by atoms with E-state index in [-0.39, 0.29) is 30.5 Å². The number of aliphatic carboxylic acids is 1. The molecule has 0 bridgehead atoms. The Morgan fingerprint density at radius 2 is 1.85 bits per heavy atom. The lowest BCUT2D eigenvalue weighted by Crippen LogP contribution is -2.50. The third-order valence-electron chi connectivity index (χ3n) is 4.08. The van der Waals surface area contributed by atoms with Gasteiger partial charge in [0.25, 0.3) is 0 Å². The van der Waals surface area contributed by atoms with Crippen LogP contribution in [0.15, 0.2) is 0 Å². The summed E-state index contributed by atoms with van der Waals surface area (Å²) in [7, 11) is 0. The molecule has 1 fully saturated rings. The van der Waals surface area contributed by atoms with Gasteiger partial charge in [0.15, 0.2) is 0 Å². The highest BCUT2D eigenvalue weighted by molar-refractivity contribution is 5.76. The molecule has 2 amide bonds. The predicted octanol–water partition coefficient (Wildman–Crippen LogP) is 1.38. The fourth-order valence-electron chi connectivity index (χ4n) is 2.75. The summed E-state index contributed by atoms with van der Waals surface area (Å²) in [5, 5.41) is 18.4. The minimum absolute atomic E-state index is 0.0380. The molecule has 1 rings (SSSR count). The van der Waals surface area contributed by atoms with Gasteiger partial charge >= 0.3 is 12.0 Å². The average Bonchev–Trinajstić information content (AvgIpc) is 2.38. The van der Waals surface area contributed by atoms with Crippen molar-refractivity contribution in [3.8, 4) is 0 Å². The zero-order chi connectivity index (χ0) is 15.3. The van der Waals surface area contributed by atoms with Crippen molar-refractivity contribution < 1.29 is 19.8 Å². The highest BCUT2D eigenvalue weighted by atomic mass is 16.4. The van der Waals surface area contributed by atoms with E-state index in [0.29, 0.717) is 19.6 Å². The van der Waals surface area contributed by atoms with Gasteiger partial charge in [-0.15, -0.1) is 0 Å². The van der Waals surface area contributed by atoms with Crippen LogP contribution in [-0.2, 0) is 4.79 Å². The van der Waals surface area contributed by atoms with Gasteiger partial charge in [-0.3, -0.25) is 4.79 Å². The molecule has 0 saturated carbocycles. The number of carboxylic acid groups (broad SMARTS) is 1. The summed E-state index contributed by atoms with van der Waals surface area (Å²) in [6, 6.07) is -0.398. The molecule has 0 aromatic carbocycles. The van der Waals surface area contributed by atoms with Crippen molar-refractivity contribution in [2.75, 3.05) is 19.6 Å². The number of carbonyl (C=O) groups excluding carboxylic acids is 1. The Morgan fingerprint density at radius 3 is 2.25 bits per heavy atom. The maximum atomic E-state index is 12.4. The summed E-state index contributed by atoms with van der Waals surface area (Å²) in [6.07, 6.45) is 1.23. The lowest BCUT2D eigenvalue weighted by molar-refractivity contribution is -0.138. The number of aliphatic hydroxyl groups is 1. The molecule has 0 spiro atoms. The van der Waals surface area contributed by atoms with Gasteiger partial charge in [-0.2, -0.15) is 0 Å². The average molecular weight is 286 g/mol. The van der Waals surface area contributed by atoms with E-state index in [0.717, 1.165) is 12.8 Å². The Bertz CT molecular complexity index is 338. The molecule has 116 valence electrons. The van der Waals surface area contributed by atoms with Crippen LogP contribution in [0.4, 0.5) is 4.79 Å². The zero-order valence-corrected chi connectivity index (χ0v) is 12.6. The maximum Gasteiger partial charge on any atom is 0.320 e. The molecule has 1 saturated heterocycles. The van der Waals surface area contributed by atoms with Crippen LogP contribution in [0.25, 0.3) is 0 Å². The summed E-state index contributed by atoms with van der Waals surface area (Å²) in [6.45, 7) is 7.17. The van der Waals surface area contributed by atoms with Gasteiger partial charge < -0.3 is 20.0 Å². The number of amides is 2. The second-order valence-electron chi connectivity index (χ2n) is 5.58. The van der Waals surface area contributed by atoms with Gasteiger partial charge in [0.1, 0.15) is 0 Å². The van der Waals surface area contributed by atoms with Gasteiger partial charge in [-0.25, -0.2) is 4.79 Å². The number of piperidine rings is 1.